The Morgan fingerprint density at radius 2 is 1.79 bits per heavy atom. The number of esters is 1. The highest BCUT2D eigenvalue weighted by Crippen LogP contribution is 2.32. The van der Waals surface area contributed by atoms with Crippen LogP contribution in [0.25, 0.3) is 0 Å². The fourth-order valence-electron chi connectivity index (χ4n) is 2.70. The van der Waals surface area contributed by atoms with Crippen molar-refractivity contribution in [2.24, 2.45) is 0 Å². The number of carbonyl (C=O) groups is 3. The van der Waals surface area contributed by atoms with Crippen molar-refractivity contribution >= 4 is 17.8 Å². The number of ether oxygens (including phenoxy) is 3. The highest BCUT2D eigenvalue weighted by molar-refractivity contribution is 5.96. The molecule has 1 atom stereocenters. The zero-order valence-corrected chi connectivity index (χ0v) is 16.0. The van der Waals surface area contributed by atoms with Gasteiger partial charge in [0.15, 0.2) is 17.6 Å². The maximum Gasteiger partial charge on any atom is 0.326 e. The third-order valence-electron chi connectivity index (χ3n) is 4.26. The van der Waals surface area contributed by atoms with E-state index in [0.29, 0.717) is 30.0 Å². The fourth-order valence-corrected chi connectivity index (χ4v) is 2.70. The maximum absolute atomic E-state index is 12.2. The van der Waals surface area contributed by atoms with Crippen molar-refractivity contribution < 1.29 is 28.6 Å². The van der Waals surface area contributed by atoms with Crippen LogP contribution in [-0.4, -0.2) is 43.8 Å². The van der Waals surface area contributed by atoms with Gasteiger partial charge < -0.3 is 24.8 Å². The first-order valence-corrected chi connectivity index (χ1v) is 9.22. The summed E-state index contributed by atoms with van der Waals surface area (Å²) in [5.41, 5.74) is 1.43. The largest absolute Gasteiger partial charge is 0.454 e. The molecule has 0 aromatic heterocycles. The van der Waals surface area contributed by atoms with E-state index >= 15 is 0 Å². The van der Waals surface area contributed by atoms with E-state index in [4.69, 9.17) is 14.2 Å². The third kappa shape index (κ3) is 5.71. The first kappa shape index (κ1) is 20.2. The van der Waals surface area contributed by atoms with Crippen LogP contribution in [0, 0.1) is 0 Å². The Hall–Kier alpha value is -3.55. The fraction of sp³-hybridized carbons (Fsp3) is 0.286. The van der Waals surface area contributed by atoms with Gasteiger partial charge in [0.25, 0.3) is 11.8 Å². The van der Waals surface area contributed by atoms with Crippen molar-refractivity contribution in [2.45, 2.75) is 19.4 Å². The second kappa shape index (κ2) is 9.59. The predicted molar refractivity (Wildman–Crippen MR) is 104 cm³/mol. The van der Waals surface area contributed by atoms with Crippen LogP contribution < -0.4 is 20.1 Å². The van der Waals surface area contributed by atoms with Crippen LogP contribution in [0.15, 0.2) is 48.5 Å². The molecule has 29 heavy (non-hydrogen) atoms. The molecule has 152 valence electrons. The summed E-state index contributed by atoms with van der Waals surface area (Å²) in [4.78, 5) is 36.1. The molecule has 0 fully saturated rings. The summed E-state index contributed by atoms with van der Waals surface area (Å²) < 4.78 is 15.5. The molecule has 1 heterocycles. The van der Waals surface area contributed by atoms with Gasteiger partial charge in [-0.25, -0.2) is 0 Å². The van der Waals surface area contributed by atoms with Crippen LogP contribution >= 0.6 is 0 Å². The average molecular weight is 398 g/mol. The predicted octanol–water partition coefficient (Wildman–Crippen LogP) is 1.44. The van der Waals surface area contributed by atoms with Crippen molar-refractivity contribution in [1.82, 2.24) is 10.6 Å². The minimum atomic E-state index is -0.958. The van der Waals surface area contributed by atoms with Gasteiger partial charge in [-0.05, 0) is 37.1 Å². The van der Waals surface area contributed by atoms with Gasteiger partial charge in [-0.2, -0.15) is 0 Å². The molecule has 1 aliphatic heterocycles. The molecule has 0 radical (unpaired) electrons. The SMILES string of the molecule is CC(OC(=O)CNC(=O)c1ccc2c(c1)OCO2)C(=O)NCCc1ccccc1. The Kier molecular flexibility index (Phi) is 6.67. The summed E-state index contributed by atoms with van der Waals surface area (Å²) in [6, 6.07) is 14.4. The van der Waals surface area contributed by atoms with Gasteiger partial charge in [-0.1, -0.05) is 30.3 Å². The number of benzene rings is 2. The van der Waals surface area contributed by atoms with Gasteiger partial charge in [0, 0.05) is 12.1 Å². The molecule has 0 bridgehead atoms. The molecule has 2 amide bonds. The average Bonchev–Trinajstić information content (AvgIpc) is 3.20. The molecular formula is C21H22N2O6. The van der Waals surface area contributed by atoms with E-state index in [9.17, 15) is 14.4 Å². The molecule has 8 nitrogen and oxygen atoms in total. The van der Waals surface area contributed by atoms with Gasteiger partial charge in [-0.3, -0.25) is 14.4 Å². The molecule has 0 saturated carbocycles. The van der Waals surface area contributed by atoms with Gasteiger partial charge in [-0.15, -0.1) is 0 Å². The quantitative estimate of drug-likeness (QED) is 0.653. The zero-order valence-electron chi connectivity index (χ0n) is 16.0. The van der Waals surface area contributed by atoms with Gasteiger partial charge >= 0.3 is 5.97 Å². The van der Waals surface area contributed by atoms with Gasteiger partial charge in [0.1, 0.15) is 6.54 Å². The first-order valence-electron chi connectivity index (χ1n) is 9.22. The number of nitrogens with one attached hydrogen (secondary N) is 2. The number of hydrogen-bond donors (Lipinski definition) is 2. The van der Waals surface area contributed by atoms with E-state index in [0.717, 1.165) is 5.56 Å². The van der Waals surface area contributed by atoms with Crippen LogP contribution in [-0.2, 0) is 20.7 Å². The summed E-state index contributed by atoms with van der Waals surface area (Å²) in [5.74, 6) is -0.518. The lowest BCUT2D eigenvalue weighted by atomic mass is 10.1. The molecule has 0 saturated heterocycles. The lowest BCUT2D eigenvalue weighted by molar-refractivity contribution is -0.153. The number of hydrogen-bond acceptors (Lipinski definition) is 6. The van der Waals surface area contributed by atoms with Crippen LogP contribution in [0.3, 0.4) is 0 Å². The van der Waals surface area contributed by atoms with E-state index in [1.54, 1.807) is 12.1 Å². The summed E-state index contributed by atoms with van der Waals surface area (Å²) in [6.45, 7) is 1.67. The highest BCUT2D eigenvalue weighted by atomic mass is 16.7. The Morgan fingerprint density at radius 3 is 2.59 bits per heavy atom. The Balaban J connectivity index is 1.38. The lowest BCUT2D eigenvalue weighted by Crippen LogP contribution is -2.39. The van der Waals surface area contributed by atoms with Crippen LogP contribution in [0.1, 0.15) is 22.8 Å². The summed E-state index contributed by atoms with van der Waals surface area (Å²) >= 11 is 0. The molecule has 2 aromatic carbocycles. The number of fused-ring (bicyclic) bond motifs is 1. The number of carbonyl (C=O) groups excluding carboxylic acids is 3. The standard InChI is InChI=1S/C21H22N2O6/c1-14(20(25)22-10-9-15-5-3-2-4-6-15)29-19(24)12-23-21(26)16-7-8-17-18(11-16)28-13-27-17/h2-8,11,14H,9-10,12-13H2,1H3,(H,22,25)(H,23,26). The normalized spacial score (nSPS) is 12.7. The van der Waals surface area contributed by atoms with Gasteiger partial charge in [0.2, 0.25) is 6.79 Å². The molecule has 2 aromatic rings. The lowest BCUT2D eigenvalue weighted by Gasteiger charge is -2.14. The number of amides is 2. The Labute approximate surface area is 168 Å². The van der Waals surface area contributed by atoms with E-state index in [2.05, 4.69) is 10.6 Å². The van der Waals surface area contributed by atoms with Crippen molar-refractivity contribution in [3.8, 4) is 11.5 Å². The molecule has 1 aliphatic rings. The first-order chi connectivity index (χ1) is 14.0. The van der Waals surface area contributed by atoms with Crippen molar-refractivity contribution in [3.05, 3.63) is 59.7 Å². The van der Waals surface area contributed by atoms with E-state index in [-0.39, 0.29) is 13.3 Å². The number of rotatable bonds is 8. The zero-order chi connectivity index (χ0) is 20.6. The summed E-state index contributed by atoms with van der Waals surface area (Å²) in [5, 5.41) is 5.18. The highest BCUT2D eigenvalue weighted by Gasteiger charge is 2.19. The molecular weight excluding hydrogens is 376 g/mol. The van der Waals surface area contributed by atoms with Crippen molar-refractivity contribution in [2.75, 3.05) is 19.9 Å². The van der Waals surface area contributed by atoms with Crippen LogP contribution in [0.4, 0.5) is 0 Å². The monoisotopic (exact) mass is 398 g/mol. The molecule has 2 N–H and O–H groups in total. The van der Waals surface area contributed by atoms with Crippen molar-refractivity contribution in [1.29, 1.82) is 0 Å². The molecule has 8 heteroatoms. The Morgan fingerprint density at radius 1 is 1.03 bits per heavy atom. The second-order valence-electron chi connectivity index (χ2n) is 6.41. The third-order valence-corrected chi connectivity index (χ3v) is 4.26. The van der Waals surface area contributed by atoms with Crippen LogP contribution in [0.2, 0.25) is 0 Å². The minimum absolute atomic E-state index is 0.109. The second-order valence-corrected chi connectivity index (χ2v) is 6.41. The molecule has 3 rings (SSSR count). The topological polar surface area (TPSA) is 103 Å². The van der Waals surface area contributed by atoms with E-state index < -0.39 is 23.9 Å². The Bertz CT molecular complexity index is 884. The maximum atomic E-state index is 12.2. The minimum Gasteiger partial charge on any atom is -0.454 e. The van der Waals surface area contributed by atoms with Crippen molar-refractivity contribution in [3.63, 3.8) is 0 Å². The summed E-state index contributed by atoms with van der Waals surface area (Å²) in [6.07, 6.45) is -0.278. The van der Waals surface area contributed by atoms with E-state index in [1.807, 2.05) is 30.3 Å². The molecule has 1 unspecified atom stereocenters. The van der Waals surface area contributed by atoms with Crippen LogP contribution in [0.5, 0.6) is 11.5 Å². The summed E-state index contributed by atoms with van der Waals surface area (Å²) in [7, 11) is 0. The molecule has 0 spiro atoms. The molecule has 0 aliphatic carbocycles. The van der Waals surface area contributed by atoms with E-state index in [1.165, 1.54) is 13.0 Å². The smallest absolute Gasteiger partial charge is 0.326 e. The van der Waals surface area contributed by atoms with Gasteiger partial charge in [0.05, 0.1) is 0 Å².